The lowest BCUT2D eigenvalue weighted by Crippen LogP contribution is -2.50. The quantitative estimate of drug-likeness (QED) is 0.626. The van der Waals surface area contributed by atoms with Gasteiger partial charge in [0.1, 0.15) is 5.82 Å². The first kappa shape index (κ1) is 24.5. The standard InChI is InChI=1S/C26H32FN5O3/c1-3-30(4-2)25(34)20-17-19(28-24(33)18-9-10-18)11-12-23(20)31-13-15-32(16-14-31)26(35)29-22-8-6-5-7-21(22)27/h5-8,11-12,17-18H,3-4,9-10,13-16H2,1-2H3,(H,28,33)(H,29,35). The van der Waals surface area contributed by atoms with E-state index in [1.165, 1.54) is 12.1 Å². The molecule has 0 spiro atoms. The van der Waals surface area contributed by atoms with Crippen molar-refractivity contribution < 1.29 is 18.8 Å². The van der Waals surface area contributed by atoms with E-state index >= 15 is 0 Å². The highest BCUT2D eigenvalue weighted by Gasteiger charge is 2.30. The number of halogens is 1. The van der Waals surface area contributed by atoms with Gasteiger partial charge in [0, 0.05) is 56.6 Å². The van der Waals surface area contributed by atoms with E-state index in [2.05, 4.69) is 15.5 Å². The molecule has 1 aliphatic heterocycles. The van der Waals surface area contributed by atoms with E-state index in [0.717, 1.165) is 18.5 Å². The van der Waals surface area contributed by atoms with Crippen LogP contribution in [0.5, 0.6) is 0 Å². The number of urea groups is 1. The third-order valence-electron chi connectivity index (χ3n) is 6.52. The summed E-state index contributed by atoms with van der Waals surface area (Å²) in [4.78, 5) is 43.7. The van der Waals surface area contributed by atoms with Crippen LogP contribution in [0, 0.1) is 11.7 Å². The second-order valence-corrected chi connectivity index (χ2v) is 8.86. The van der Waals surface area contributed by atoms with Crippen LogP contribution >= 0.6 is 0 Å². The lowest BCUT2D eigenvalue weighted by molar-refractivity contribution is -0.117. The normalized spacial score (nSPS) is 15.5. The summed E-state index contributed by atoms with van der Waals surface area (Å²) in [6, 6.07) is 11.2. The molecule has 1 saturated heterocycles. The molecule has 2 aromatic carbocycles. The molecule has 0 unspecified atom stereocenters. The van der Waals surface area contributed by atoms with E-state index in [4.69, 9.17) is 0 Å². The molecule has 9 heteroatoms. The molecule has 0 atom stereocenters. The summed E-state index contributed by atoms with van der Waals surface area (Å²) < 4.78 is 13.9. The van der Waals surface area contributed by atoms with Crippen molar-refractivity contribution in [3.05, 3.63) is 53.8 Å². The molecule has 2 N–H and O–H groups in total. The fraction of sp³-hybridized carbons (Fsp3) is 0.423. The number of carbonyl (C=O) groups excluding carboxylic acids is 3. The number of anilines is 3. The minimum Gasteiger partial charge on any atom is -0.367 e. The molecule has 0 radical (unpaired) electrons. The van der Waals surface area contributed by atoms with Crippen LogP contribution < -0.4 is 15.5 Å². The van der Waals surface area contributed by atoms with E-state index in [-0.39, 0.29) is 29.5 Å². The van der Waals surface area contributed by atoms with Gasteiger partial charge < -0.3 is 25.3 Å². The van der Waals surface area contributed by atoms with Gasteiger partial charge in [-0.05, 0) is 57.0 Å². The van der Waals surface area contributed by atoms with Crippen LogP contribution in [0.2, 0.25) is 0 Å². The Morgan fingerprint density at radius 3 is 2.29 bits per heavy atom. The van der Waals surface area contributed by atoms with E-state index in [9.17, 15) is 18.8 Å². The minimum absolute atomic E-state index is 0.00605. The van der Waals surface area contributed by atoms with Gasteiger partial charge in [-0.2, -0.15) is 0 Å². The Kier molecular flexibility index (Phi) is 7.53. The number of benzene rings is 2. The second kappa shape index (κ2) is 10.8. The molecule has 35 heavy (non-hydrogen) atoms. The number of nitrogens with one attached hydrogen (secondary N) is 2. The zero-order chi connectivity index (χ0) is 24.9. The van der Waals surface area contributed by atoms with Crippen LogP contribution in [-0.4, -0.2) is 66.9 Å². The summed E-state index contributed by atoms with van der Waals surface area (Å²) >= 11 is 0. The number of nitrogens with zero attached hydrogens (tertiary/aromatic N) is 3. The molecule has 4 rings (SSSR count). The zero-order valence-electron chi connectivity index (χ0n) is 20.2. The van der Waals surface area contributed by atoms with Crippen molar-refractivity contribution in [3.8, 4) is 0 Å². The molecule has 2 aromatic rings. The summed E-state index contributed by atoms with van der Waals surface area (Å²) in [7, 11) is 0. The highest BCUT2D eigenvalue weighted by Crippen LogP contribution is 2.32. The average Bonchev–Trinajstić information content (AvgIpc) is 3.72. The Morgan fingerprint density at radius 2 is 1.66 bits per heavy atom. The molecule has 2 fully saturated rings. The number of para-hydroxylation sites is 1. The molecule has 8 nitrogen and oxygen atoms in total. The van der Waals surface area contributed by atoms with Crippen LogP contribution in [0.4, 0.5) is 26.2 Å². The Balaban J connectivity index is 1.48. The van der Waals surface area contributed by atoms with Crippen molar-refractivity contribution in [2.45, 2.75) is 26.7 Å². The summed E-state index contributed by atoms with van der Waals surface area (Å²) in [5.41, 5.74) is 2.08. The Morgan fingerprint density at radius 1 is 0.971 bits per heavy atom. The summed E-state index contributed by atoms with van der Waals surface area (Å²) in [6.07, 6.45) is 1.81. The summed E-state index contributed by atoms with van der Waals surface area (Å²) in [5, 5.41) is 5.56. The smallest absolute Gasteiger partial charge is 0.322 e. The molecular formula is C26H32FN5O3. The molecular weight excluding hydrogens is 449 g/mol. The van der Waals surface area contributed by atoms with Crippen LogP contribution in [0.25, 0.3) is 0 Å². The molecule has 4 amide bonds. The molecule has 0 aromatic heterocycles. The number of amides is 4. The van der Waals surface area contributed by atoms with Crippen molar-refractivity contribution >= 4 is 34.9 Å². The molecule has 0 bridgehead atoms. The summed E-state index contributed by atoms with van der Waals surface area (Å²) in [6.45, 7) is 6.95. The molecule has 2 aliphatic rings. The highest BCUT2D eigenvalue weighted by molar-refractivity contribution is 6.02. The van der Waals surface area contributed by atoms with Gasteiger partial charge in [0.15, 0.2) is 0 Å². The van der Waals surface area contributed by atoms with Gasteiger partial charge in [-0.3, -0.25) is 9.59 Å². The second-order valence-electron chi connectivity index (χ2n) is 8.86. The summed E-state index contributed by atoms with van der Waals surface area (Å²) in [5.74, 6) is -0.506. The maximum Gasteiger partial charge on any atom is 0.322 e. The predicted octanol–water partition coefficient (Wildman–Crippen LogP) is 4.01. The van der Waals surface area contributed by atoms with Crippen LogP contribution in [0.3, 0.4) is 0 Å². The van der Waals surface area contributed by atoms with Crippen molar-refractivity contribution in [1.29, 1.82) is 0 Å². The lowest BCUT2D eigenvalue weighted by Gasteiger charge is -2.37. The van der Waals surface area contributed by atoms with Crippen LogP contribution in [0.15, 0.2) is 42.5 Å². The van der Waals surface area contributed by atoms with Crippen LogP contribution in [-0.2, 0) is 4.79 Å². The highest BCUT2D eigenvalue weighted by atomic mass is 19.1. The number of piperazine rings is 1. The fourth-order valence-corrected chi connectivity index (χ4v) is 4.24. The minimum atomic E-state index is -0.479. The molecule has 1 saturated carbocycles. The number of carbonyl (C=O) groups is 3. The SMILES string of the molecule is CCN(CC)C(=O)c1cc(NC(=O)C2CC2)ccc1N1CCN(C(=O)Nc2ccccc2F)CC1. The monoisotopic (exact) mass is 481 g/mol. The predicted molar refractivity (Wildman–Crippen MR) is 134 cm³/mol. The van der Waals surface area contributed by atoms with Gasteiger partial charge in [-0.15, -0.1) is 0 Å². The van der Waals surface area contributed by atoms with Crippen molar-refractivity contribution in [3.63, 3.8) is 0 Å². The van der Waals surface area contributed by atoms with E-state index < -0.39 is 5.82 Å². The number of hydrogen-bond donors (Lipinski definition) is 2. The lowest BCUT2D eigenvalue weighted by atomic mass is 10.1. The molecule has 1 heterocycles. The average molecular weight is 482 g/mol. The van der Waals surface area contributed by atoms with Crippen LogP contribution in [0.1, 0.15) is 37.0 Å². The Bertz CT molecular complexity index is 1090. The van der Waals surface area contributed by atoms with E-state index in [0.29, 0.717) is 50.5 Å². The fourth-order valence-electron chi connectivity index (χ4n) is 4.24. The Labute approximate surface area is 205 Å². The Hall–Kier alpha value is -3.62. The van der Waals surface area contributed by atoms with E-state index in [1.54, 1.807) is 28.0 Å². The van der Waals surface area contributed by atoms with Gasteiger partial charge in [-0.1, -0.05) is 12.1 Å². The van der Waals surface area contributed by atoms with Gasteiger partial charge >= 0.3 is 6.03 Å². The first-order chi connectivity index (χ1) is 16.9. The van der Waals surface area contributed by atoms with Gasteiger partial charge in [0.25, 0.3) is 5.91 Å². The van der Waals surface area contributed by atoms with Gasteiger partial charge in [-0.25, -0.2) is 9.18 Å². The van der Waals surface area contributed by atoms with Crippen molar-refractivity contribution in [2.75, 3.05) is 54.8 Å². The molecule has 1 aliphatic carbocycles. The largest absolute Gasteiger partial charge is 0.367 e. The topological polar surface area (TPSA) is 85.0 Å². The van der Waals surface area contributed by atoms with Crippen molar-refractivity contribution in [2.24, 2.45) is 5.92 Å². The maximum absolute atomic E-state index is 13.9. The zero-order valence-corrected chi connectivity index (χ0v) is 20.2. The van der Waals surface area contributed by atoms with Crippen molar-refractivity contribution in [1.82, 2.24) is 9.80 Å². The molecule has 186 valence electrons. The van der Waals surface area contributed by atoms with E-state index in [1.807, 2.05) is 26.0 Å². The first-order valence-corrected chi connectivity index (χ1v) is 12.2. The van der Waals surface area contributed by atoms with Gasteiger partial charge in [0.2, 0.25) is 5.91 Å². The van der Waals surface area contributed by atoms with Gasteiger partial charge in [0.05, 0.1) is 11.3 Å². The number of rotatable bonds is 7. The number of hydrogen-bond acceptors (Lipinski definition) is 4. The third-order valence-corrected chi connectivity index (χ3v) is 6.52. The maximum atomic E-state index is 13.9. The third kappa shape index (κ3) is 5.72. The first-order valence-electron chi connectivity index (χ1n) is 12.2.